The van der Waals surface area contributed by atoms with Gasteiger partial charge in [-0.25, -0.2) is 23.5 Å². The fourth-order valence-corrected chi connectivity index (χ4v) is 3.58. The number of terminal acetylenes is 1. The van der Waals surface area contributed by atoms with Gasteiger partial charge in [0.15, 0.2) is 11.5 Å². The van der Waals surface area contributed by atoms with E-state index in [2.05, 4.69) is 26.1 Å². The van der Waals surface area contributed by atoms with Crippen LogP contribution in [0.2, 0.25) is 0 Å². The first-order chi connectivity index (χ1) is 16.9. The van der Waals surface area contributed by atoms with Crippen molar-refractivity contribution in [1.82, 2.24) is 20.2 Å². The van der Waals surface area contributed by atoms with Crippen molar-refractivity contribution in [2.24, 2.45) is 0 Å². The lowest BCUT2D eigenvalue weighted by molar-refractivity contribution is -0.589. The molecule has 0 radical (unpaired) electrons. The standard InChI is InChI=1S/C25H20F2N6O2/c1-4-17-5-9-20(10-6-17)33-22(24(34)35-3)11-16(2)30-25(33)32(14-23-28-15-29-31-23)13-18-7-8-19(26)12-21(18)27/h1,5-12,15H,13-14H2,2-3H3/p+1. The van der Waals surface area contributed by atoms with Gasteiger partial charge in [-0.1, -0.05) is 17.0 Å². The lowest BCUT2D eigenvalue weighted by atomic mass is 10.2. The highest BCUT2D eigenvalue weighted by Crippen LogP contribution is 2.20. The summed E-state index contributed by atoms with van der Waals surface area (Å²) in [6.07, 6.45) is 6.84. The van der Waals surface area contributed by atoms with Gasteiger partial charge in [-0.2, -0.15) is 9.67 Å². The highest BCUT2D eigenvalue weighted by Gasteiger charge is 2.31. The van der Waals surface area contributed by atoms with Gasteiger partial charge in [-0.05, 0) is 37.3 Å². The largest absolute Gasteiger partial charge is 0.463 e. The number of methoxy groups -OCH3 is 1. The van der Waals surface area contributed by atoms with Crippen LogP contribution in [0.5, 0.6) is 0 Å². The van der Waals surface area contributed by atoms with E-state index >= 15 is 0 Å². The third-order valence-corrected chi connectivity index (χ3v) is 5.21. The summed E-state index contributed by atoms with van der Waals surface area (Å²) in [5, 5.41) is 6.65. The number of aromatic nitrogens is 5. The Bertz CT molecular complexity index is 1400. The Kier molecular flexibility index (Phi) is 6.78. The first-order valence-corrected chi connectivity index (χ1v) is 10.5. The second-order valence-electron chi connectivity index (χ2n) is 7.62. The molecule has 4 rings (SSSR count). The molecule has 0 spiro atoms. The summed E-state index contributed by atoms with van der Waals surface area (Å²) in [7, 11) is 1.28. The Morgan fingerprint density at radius 2 is 1.94 bits per heavy atom. The summed E-state index contributed by atoms with van der Waals surface area (Å²) in [5.74, 6) is 1.35. The molecule has 0 amide bonds. The lowest BCUT2D eigenvalue weighted by Gasteiger charge is -2.20. The molecule has 0 saturated heterocycles. The summed E-state index contributed by atoms with van der Waals surface area (Å²) in [6.45, 7) is 1.86. The van der Waals surface area contributed by atoms with E-state index in [1.807, 2.05) is 0 Å². The average Bonchev–Trinajstić information content (AvgIpc) is 3.37. The van der Waals surface area contributed by atoms with Crippen LogP contribution in [0.15, 0.2) is 54.9 Å². The molecule has 8 nitrogen and oxygen atoms in total. The normalized spacial score (nSPS) is 10.6. The van der Waals surface area contributed by atoms with E-state index in [1.54, 1.807) is 46.7 Å². The van der Waals surface area contributed by atoms with Crippen LogP contribution in [0.3, 0.4) is 0 Å². The van der Waals surface area contributed by atoms with Crippen molar-refractivity contribution in [2.45, 2.75) is 20.0 Å². The van der Waals surface area contributed by atoms with Gasteiger partial charge in [0.2, 0.25) is 0 Å². The molecule has 0 saturated carbocycles. The number of ether oxygens (including phenoxy) is 1. The summed E-state index contributed by atoms with van der Waals surface area (Å²) in [6, 6.07) is 11.9. The number of carbonyl (C=O) groups is 1. The van der Waals surface area contributed by atoms with Gasteiger partial charge in [-0.3, -0.25) is 5.10 Å². The third kappa shape index (κ3) is 5.14. The first kappa shape index (κ1) is 23.5. The van der Waals surface area contributed by atoms with Crippen molar-refractivity contribution in [1.29, 1.82) is 0 Å². The van der Waals surface area contributed by atoms with Crippen LogP contribution in [-0.2, 0) is 17.8 Å². The summed E-state index contributed by atoms with van der Waals surface area (Å²) >= 11 is 0. The smallest absolute Gasteiger partial charge is 0.400 e. The quantitative estimate of drug-likeness (QED) is 0.251. The van der Waals surface area contributed by atoms with Gasteiger partial charge in [0.05, 0.1) is 13.7 Å². The van der Waals surface area contributed by atoms with E-state index < -0.39 is 17.6 Å². The lowest BCUT2D eigenvalue weighted by Crippen LogP contribution is -2.46. The summed E-state index contributed by atoms with van der Waals surface area (Å²) in [4.78, 5) is 23.3. The summed E-state index contributed by atoms with van der Waals surface area (Å²) in [5.41, 5.74) is 2.18. The molecule has 0 fully saturated rings. The number of rotatable bonds is 7. The predicted molar refractivity (Wildman–Crippen MR) is 122 cm³/mol. The van der Waals surface area contributed by atoms with Crippen molar-refractivity contribution in [3.63, 3.8) is 0 Å². The van der Waals surface area contributed by atoms with E-state index in [9.17, 15) is 13.6 Å². The predicted octanol–water partition coefficient (Wildman–Crippen LogP) is 3.04. The van der Waals surface area contributed by atoms with Crippen molar-refractivity contribution in [3.8, 4) is 18.0 Å². The van der Waals surface area contributed by atoms with Crippen LogP contribution in [-0.4, -0.2) is 33.2 Å². The Labute approximate surface area is 200 Å². The van der Waals surface area contributed by atoms with Crippen molar-refractivity contribution >= 4 is 11.9 Å². The Hall–Kier alpha value is -4.65. The highest BCUT2D eigenvalue weighted by atomic mass is 19.1. The van der Waals surface area contributed by atoms with Crippen LogP contribution >= 0.6 is 0 Å². The van der Waals surface area contributed by atoms with Crippen LogP contribution in [0.25, 0.3) is 5.69 Å². The zero-order valence-corrected chi connectivity index (χ0v) is 19.0. The van der Waals surface area contributed by atoms with Gasteiger partial charge in [0.25, 0.3) is 0 Å². The van der Waals surface area contributed by atoms with Gasteiger partial charge < -0.3 is 4.74 Å². The number of H-pyrrole nitrogens is 1. The van der Waals surface area contributed by atoms with E-state index in [1.165, 1.54) is 25.6 Å². The average molecular weight is 475 g/mol. The van der Waals surface area contributed by atoms with Crippen molar-refractivity contribution in [3.05, 3.63) is 94.8 Å². The number of anilines is 1. The Morgan fingerprint density at radius 1 is 1.17 bits per heavy atom. The fourth-order valence-electron chi connectivity index (χ4n) is 3.58. The minimum absolute atomic E-state index is 0.00762. The fraction of sp³-hybridized carbons (Fsp3) is 0.160. The van der Waals surface area contributed by atoms with E-state index in [4.69, 9.17) is 11.2 Å². The third-order valence-electron chi connectivity index (χ3n) is 5.21. The highest BCUT2D eigenvalue weighted by molar-refractivity contribution is 5.86. The van der Waals surface area contributed by atoms with E-state index in [-0.39, 0.29) is 24.3 Å². The second-order valence-corrected chi connectivity index (χ2v) is 7.62. The molecule has 4 aromatic rings. The number of benzene rings is 2. The molecular weight excluding hydrogens is 454 g/mol. The number of aromatic amines is 1. The van der Waals surface area contributed by atoms with Crippen LogP contribution in [0, 0.1) is 30.9 Å². The SMILES string of the molecule is C#Cc1ccc(-[n+]2c(C(=O)OC)cc(C)nc2N(Cc2ncn[nH]2)Cc2ccc(F)cc2F)cc1. The molecular formula is C25H21F2N6O2+. The number of nitrogens with one attached hydrogen (secondary N) is 1. The Balaban J connectivity index is 1.93. The molecule has 1 N–H and O–H groups in total. The zero-order valence-electron chi connectivity index (χ0n) is 19.0. The molecule has 0 aliphatic heterocycles. The molecule has 2 aromatic heterocycles. The molecule has 2 heterocycles. The van der Waals surface area contributed by atoms with Crippen molar-refractivity contribution in [2.75, 3.05) is 12.0 Å². The molecule has 0 unspecified atom stereocenters. The maximum Gasteiger partial charge on any atom is 0.400 e. The first-order valence-electron chi connectivity index (χ1n) is 10.5. The number of aryl methyl sites for hydroxylation is 1. The number of hydrogen-bond acceptors (Lipinski definition) is 6. The van der Waals surface area contributed by atoms with E-state index in [0.717, 1.165) is 6.07 Å². The Morgan fingerprint density at radius 3 is 2.57 bits per heavy atom. The van der Waals surface area contributed by atoms with Gasteiger partial charge >= 0.3 is 11.9 Å². The van der Waals surface area contributed by atoms with Crippen molar-refractivity contribution < 1.29 is 22.9 Å². The van der Waals surface area contributed by atoms with Gasteiger partial charge in [0.1, 0.15) is 35.9 Å². The maximum atomic E-state index is 14.6. The molecule has 0 aliphatic carbocycles. The number of nitrogens with zero attached hydrogens (tertiary/aromatic N) is 5. The number of carbonyl (C=O) groups excluding carboxylic acids is 1. The maximum absolute atomic E-state index is 14.6. The minimum Gasteiger partial charge on any atom is -0.463 e. The number of halogens is 2. The van der Waals surface area contributed by atoms with Gasteiger partial charge in [0, 0.05) is 23.3 Å². The number of hydrogen-bond donors (Lipinski definition) is 1. The summed E-state index contributed by atoms with van der Waals surface area (Å²) < 4.78 is 34.8. The van der Waals surface area contributed by atoms with Crippen LogP contribution < -0.4 is 9.47 Å². The topological polar surface area (TPSA) is 87.9 Å². The molecule has 2 aromatic carbocycles. The molecule has 0 atom stereocenters. The molecule has 10 heteroatoms. The zero-order chi connectivity index (χ0) is 24.9. The second kappa shape index (κ2) is 10.1. The minimum atomic E-state index is -0.710. The number of esters is 1. The molecule has 0 aliphatic rings. The molecule has 35 heavy (non-hydrogen) atoms. The molecule has 176 valence electrons. The van der Waals surface area contributed by atoms with Crippen LogP contribution in [0.1, 0.15) is 33.1 Å². The van der Waals surface area contributed by atoms with Crippen LogP contribution in [0.4, 0.5) is 14.7 Å². The molecule has 0 bridgehead atoms. The van der Waals surface area contributed by atoms with Gasteiger partial charge in [-0.15, -0.1) is 6.42 Å². The monoisotopic (exact) mass is 475 g/mol. The van der Waals surface area contributed by atoms with E-state index in [0.29, 0.717) is 28.7 Å².